The molecule has 0 amide bonds. The normalized spacial score (nSPS) is 14.3. The molecule has 91 heavy (non-hydrogen) atoms. The lowest BCUT2D eigenvalue weighted by atomic mass is 9.83. The molecule has 6 heterocycles. The number of hydrogen-bond donors (Lipinski definition) is 0. The molecule has 0 saturated heterocycles. The quantitative estimate of drug-likeness (QED) is 0.160. The van der Waals surface area contributed by atoms with E-state index in [2.05, 4.69) is 304 Å². The Labute approximate surface area is 523 Å². The van der Waals surface area contributed by atoms with Gasteiger partial charge in [-0.1, -0.05) is 165 Å². The van der Waals surface area contributed by atoms with Crippen molar-refractivity contribution in [2.75, 3.05) is 0 Å². The maximum atomic E-state index is 7.23. The first kappa shape index (κ1) is 50.4. The highest BCUT2D eigenvalue weighted by molar-refractivity contribution is 6.17. The van der Waals surface area contributed by atoms with Crippen LogP contribution < -0.4 is 0 Å². The van der Waals surface area contributed by atoms with Gasteiger partial charge in [0.05, 0.1) is 44.3 Å². The van der Waals surface area contributed by atoms with E-state index in [0.29, 0.717) is 0 Å². The van der Waals surface area contributed by atoms with Crippen LogP contribution in [0.5, 0.6) is 0 Å². The minimum Gasteiger partial charge on any atom is -0.458 e. The molecule has 0 radical (unpaired) electrons. The number of hydrogen-bond acceptors (Lipinski definition) is 2. The number of para-hydroxylation sites is 8. The molecule has 6 heteroatoms. The Balaban J connectivity index is 0.763. The fourth-order valence-corrected chi connectivity index (χ4v) is 16.0. The first-order valence-electron chi connectivity index (χ1n) is 31.8. The van der Waals surface area contributed by atoms with Crippen LogP contribution in [0.4, 0.5) is 0 Å². The minimum absolute atomic E-state index is 0.273. The lowest BCUT2D eigenvalue weighted by Gasteiger charge is -2.24. The van der Waals surface area contributed by atoms with Gasteiger partial charge >= 0.3 is 0 Å². The number of nitrogens with zero attached hydrogens (tertiary/aromatic N) is 4. The smallest absolute Gasteiger partial charge is 0.158 e. The maximum absolute atomic E-state index is 7.23. The first-order valence-corrected chi connectivity index (χ1v) is 31.8. The molecule has 2 aliphatic carbocycles. The topological polar surface area (TPSA) is 46.0 Å². The van der Waals surface area contributed by atoms with E-state index in [0.717, 1.165) is 97.1 Å². The number of furan rings is 2. The molecule has 0 fully saturated rings. The Morgan fingerprint density at radius 1 is 0.330 bits per heavy atom. The van der Waals surface area contributed by atoms with Crippen LogP contribution in [-0.2, 0) is 12.8 Å². The summed E-state index contributed by atoms with van der Waals surface area (Å²) in [5.74, 6) is 1.31. The van der Waals surface area contributed by atoms with Crippen molar-refractivity contribution < 1.29 is 8.83 Å². The molecule has 18 aromatic rings. The van der Waals surface area contributed by atoms with Gasteiger partial charge in [-0.05, 0) is 168 Å². The average Bonchev–Trinajstić information content (AvgIpc) is 1.81. The molecule has 6 nitrogen and oxygen atoms in total. The molecule has 1 atom stereocenters. The summed E-state index contributed by atoms with van der Waals surface area (Å²) in [5, 5.41) is 11.9. The number of aryl methyl sites for hydroxylation is 1. The molecule has 0 bridgehead atoms. The van der Waals surface area contributed by atoms with E-state index in [4.69, 9.17) is 8.83 Å². The molecule has 0 saturated carbocycles. The molecular formula is C85H56N4O2. The van der Waals surface area contributed by atoms with Gasteiger partial charge in [-0.3, -0.25) is 0 Å². The van der Waals surface area contributed by atoms with E-state index >= 15 is 0 Å². The van der Waals surface area contributed by atoms with Gasteiger partial charge in [0.2, 0.25) is 0 Å². The summed E-state index contributed by atoms with van der Waals surface area (Å²) in [5.41, 5.74) is 26.5. The van der Waals surface area contributed by atoms with Crippen LogP contribution in [-0.4, -0.2) is 18.3 Å². The van der Waals surface area contributed by atoms with E-state index < -0.39 is 0 Å². The Bertz CT molecular complexity index is 6140. The number of allylic oxidation sites excluding steroid dienone is 2. The van der Waals surface area contributed by atoms with Crippen LogP contribution >= 0.6 is 0 Å². The molecule has 428 valence electrons. The zero-order valence-electron chi connectivity index (χ0n) is 49.9. The molecular weight excluding hydrogens is 1110 g/mol. The molecule has 2 aliphatic rings. The fourth-order valence-electron chi connectivity index (χ4n) is 16.0. The van der Waals surface area contributed by atoms with E-state index in [9.17, 15) is 0 Å². The summed E-state index contributed by atoms with van der Waals surface area (Å²) in [6, 6.07) is 98.0. The van der Waals surface area contributed by atoms with Gasteiger partial charge in [-0.2, -0.15) is 0 Å². The molecule has 1 unspecified atom stereocenters. The summed E-state index contributed by atoms with van der Waals surface area (Å²) in [6.07, 6.45) is 7.42. The van der Waals surface area contributed by atoms with Gasteiger partial charge in [0, 0.05) is 99.7 Å². The first-order chi connectivity index (χ1) is 45.0. The van der Waals surface area contributed by atoms with Crippen molar-refractivity contribution in [3.05, 3.63) is 295 Å². The highest BCUT2D eigenvalue weighted by atomic mass is 16.3. The van der Waals surface area contributed by atoms with Crippen molar-refractivity contribution in [1.82, 2.24) is 18.3 Å². The summed E-state index contributed by atoms with van der Waals surface area (Å²) in [4.78, 5) is 0. The van der Waals surface area contributed by atoms with Crippen molar-refractivity contribution in [2.24, 2.45) is 5.92 Å². The van der Waals surface area contributed by atoms with Crippen molar-refractivity contribution in [3.8, 4) is 39.3 Å². The van der Waals surface area contributed by atoms with Crippen LogP contribution in [0.2, 0.25) is 0 Å². The lowest BCUT2D eigenvalue weighted by Crippen LogP contribution is -2.12. The van der Waals surface area contributed by atoms with E-state index in [1.165, 1.54) is 110 Å². The molecule has 20 rings (SSSR count). The van der Waals surface area contributed by atoms with Gasteiger partial charge in [0.1, 0.15) is 16.9 Å². The Morgan fingerprint density at radius 3 is 1.54 bits per heavy atom. The third-order valence-corrected chi connectivity index (χ3v) is 20.1. The van der Waals surface area contributed by atoms with Crippen LogP contribution in [0.25, 0.3) is 172 Å². The average molecular weight is 1170 g/mol. The van der Waals surface area contributed by atoms with Crippen molar-refractivity contribution in [2.45, 2.75) is 26.2 Å². The summed E-state index contributed by atoms with van der Waals surface area (Å²) >= 11 is 0. The number of fused-ring (bicyclic) bond motifs is 18. The third kappa shape index (κ3) is 7.36. The predicted octanol–water partition coefficient (Wildman–Crippen LogP) is 22.6. The second kappa shape index (κ2) is 19.2. The fraction of sp³-hybridized carbons (Fsp3) is 0.0588. The van der Waals surface area contributed by atoms with Crippen molar-refractivity contribution >= 4 is 133 Å². The van der Waals surface area contributed by atoms with Crippen molar-refractivity contribution in [1.29, 1.82) is 0 Å². The van der Waals surface area contributed by atoms with Crippen LogP contribution in [0.15, 0.2) is 276 Å². The van der Waals surface area contributed by atoms with Crippen LogP contribution in [0, 0.1) is 5.92 Å². The molecule has 12 aromatic carbocycles. The van der Waals surface area contributed by atoms with Gasteiger partial charge < -0.3 is 27.1 Å². The summed E-state index contributed by atoms with van der Waals surface area (Å²) in [6.45, 7) is 2.39. The van der Waals surface area contributed by atoms with Crippen molar-refractivity contribution in [3.63, 3.8) is 0 Å². The largest absolute Gasteiger partial charge is 0.458 e. The van der Waals surface area contributed by atoms with Gasteiger partial charge in [-0.25, -0.2) is 0 Å². The second-order valence-electron chi connectivity index (χ2n) is 25.1. The highest BCUT2D eigenvalue weighted by Gasteiger charge is 2.29. The molecule has 0 N–H and O–H groups in total. The second-order valence-corrected chi connectivity index (χ2v) is 25.1. The Hall–Kier alpha value is -11.6. The van der Waals surface area contributed by atoms with E-state index in [1.54, 1.807) is 0 Å². The van der Waals surface area contributed by atoms with Crippen LogP contribution in [0.3, 0.4) is 0 Å². The highest BCUT2D eigenvalue weighted by Crippen LogP contribution is 2.48. The van der Waals surface area contributed by atoms with Gasteiger partial charge in [-0.15, -0.1) is 0 Å². The van der Waals surface area contributed by atoms with Gasteiger partial charge in [0.15, 0.2) is 5.58 Å². The van der Waals surface area contributed by atoms with Crippen LogP contribution in [0.1, 0.15) is 41.5 Å². The van der Waals surface area contributed by atoms with E-state index in [1.807, 2.05) is 0 Å². The standard InChI is InChI=1S/C85H56N4O2/c1-51-43-81-69(63-27-12-14-30-74(63)87(81)57-21-6-3-7-22-57)50-65(51)53-37-41-82-70(46-53)72-48-55(52-35-39-78-67(44-52)61-25-10-13-29-73(61)86(78)56-19-4-2-5-20-56)47-66(84(72)90-82)54-36-40-79-68(45-54)62-26-11-15-31-75(62)88(79)58-38-42-83-71(49-58)64-28-18-34-80(85(64)91-83)89-76-32-16-8-23-59(76)60-24-9-17-33-77(60)89/h2-37,39-41,44-51H,38,42-43H2,1H3. The molecule has 0 spiro atoms. The number of rotatable bonds is 7. The predicted molar refractivity (Wildman–Crippen MR) is 379 cm³/mol. The molecule has 0 aliphatic heterocycles. The zero-order valence-corrected chi connectivity index (χ0v) is 49.9. The van der Waals surface area contributed by atoms with Gasteiger partial charge in [0.25, 0.3) is 0 Å². The SMILES string of the molecule is CC1Cc2c(c3ccccc3n2-c2ccccc2)C=C1c1ccc2oc3c(-c4ccc5c(c4)c4ccccc4n5C4=Cc5c(oc6c(-n7c8ccccc8c8ccccc87)cccc56)CC4)cc(-c4ccc5c(c4)c4ccccc4n5-c4ccccc4)cc3c2c1. The Morgan fingerprint density at radius 2 is 0.846 bits per heavy atom. The maximum Gasteiger partial charge on any atom is 0.158 e. The minimum atomic E-state index is 0.273. The number of benzene rings is 12. The monoisotopic (exact) mass is 1160 g/mol. The summed E-state index contributed by atoms with van der Waals surface area (Å²) < 4.78 is 24.0. The third-order valence-electron chi connectivity index (χ3n) is 20.1. The zero-order chi connectivity index (χ0) is 59.6. The number of aromatic nitrogens is 4. The Kier molecular flexibility index (Phi) is 10.6. The lowest BCUT2D eigenvalue weighted by molar-refractivity contribution is 0.545. The summed E-state index contributed by atoms with van der Waals surface area (Å²) in [7, 11) is 0. The van der Waals surface area contributed by atoms with E-state index in [-0.39, 0.29) is 5.92 Å². The molecule has 6 aromatic heterocycles.